The van der Waals surface area contributed by atoms with Crippen molar-refractivity contribution in [3.63, 3.8) is 0 Å². The number of aldehydes is 1. The number of amides is 2. The van der Waals surface area contributed by atoms with Crippen LogP contribution in [0.1, 0.15) is 15.9 Å². The summed E-state index contributed by atoms with van der Waals surface area (Å²) < 4.78 is 0. The number of rotatable bonds is 2. The normalized spacial score (nSPS) is 14.8. The van der Waals surface area contributed by atoms with Crippen LogP contribution in [0, 0.1) is 0 Å². The number of carbonyl (C=O) groups excluding carboxylic acids is 3. The van der Waals surface area contributed by atoms with Gasteiger partial charge in [-0.25, -0.2) is 0 Å². The molecule has 0 saturated carbocycles. The van der Waals surface area contributed by atoms with Gasteiger partial charge >= 0.3 is 0 Å². The summed E-state index contributed by atoms with van der Waals surface area (Å²) in [4.78, 5) is 32.6. The number of hydrogen-bond acceptors (Lipinski definition) is 4. The molecule has 1 aliphatic rings. The van der Waals surface area contributed by atoms with Crippen molar-refractivity contribution in [3.8, 4) is 0 Å². The molecule has 0 radical (unpaired) electrons. The maximum Gasteiger partial charge on any atom is 0.290 e. The zero-order chi connectivity index (χ0) is 17.5. The van der Waals surface area contributed by atoms with E-state index in [4.69, 9.17) is 23.2 Å². The monoisotopic (exact) mass is 379 g/mol. The molecule has 1 saturated heterocycles. The zero-order valence-corrected chi connectivity index (χ0v) is 14.5. The summed E-state index contributed by atoms with van der Waals surface area (Å²) in [6, 6.07) is 13.7. The standard InChI is InChI=1S/C10H6ClNO2S.C7H5ClO/c11-7-3-1-6(2-4-7)5-8-9(13)12-10(14)15-8;8-7-3-1-6(5-9)2-4-7/h1-5H,(H,12,13,14);1-5H. The van der Waals surface area contributed by atoms with Gasteiger partial charge in [-0.15, -0.1) is 0 Å². The average Bonchev–Trinajstić information content (AvgIpc) is 2.88. The van der Waals surface area contributed by atoms with Crippen molar-refractivity contribution in [2.24, 2.45) is 0 Å². The van der Waals surface area contributed by atoms with Crippen molar-refractivity contribution < 1.29 is 14.4 Å². The van der Waals surface area contributed by atoms with Crippen LogP contribution < -0.4 is 5.32 Å². The molecule has 0 unspecified atom stereocenters. The summed E-state index contributed by atoms with van der Waals surface area (Å²) in [6.45, 7) is 0. The van der Waals surface area contributed by atoms with E-state index in [-0.39, 0.29) is 11.1 Å². The fraction of sp³-hybridized carbons (Fsp3) is 0. The average molecular weight is 380 g/mol. The zero-order valence-electron chi connectivity index (χ0n) is 12.2. The third-order valence-corrected chi connectivity index (χ3v) is 4.13. The Kier molecular flexibility index (Phi) is 6.61. The summed E-state index contributed by atoms with van der Waals surface area (Å²) in [6.07, 6.45) is 2.44. The van der Waals surface area contributed by atoms with Crippen LogP contribution in [0.2, 0.25) is 10.0 Å². The molecule has 0 atom stereocenters. The van der Waals surface area contributed by atoms with Gasteiger partial charge in [0.05, 0.1) is 4.91 Å². The first kappa shape index (κ1) is 18.3. The van der Waals surface area contributed by atoms with Crippen LogP contribution >= 0.6 is 35.0 Å². The Hall–Kier alpha value is -2.08. The van der Waals surface area contributed by atoms with Crippen LogP contribution in [-0.4, -0.2) is 17.4 Å². The predicted octanol–water partition coefficient (Wildman–Crippen LogP) is 4.82. The van der Waals surface area contributed by atoms with Gasteiger partial charge < -0.3 is 0 Å². The van der Waals surface area contributed by atoms with Crippen LogP contribution in [0.3, 0.4) is 0 Å². The highest BCUT2D eigenvalue weighted by atomic mass is 35.5. The van der Waals surface area contributed by atoms with E-state index in [2.05, 4.69) is 5.32 Å². The lowest BCUT2D eigenvalue weighted by molar-refractivity contribution is -0.115. The van der Waals surface area contributed by atoms with Gasteiger partial charge in [0.15, 0.2) is 0 Å². The van der Waals surface area contributed by atoms with Gasteiger partial charge in [0.2, 0.25) is 0 Å². The van der Waals surface area contributed by atoms with Crippen molar-refractivity contribution >= 4 is 58.5 Å². The number of benzene rings is 2. The minimum atomic E-state index is -0.347. The van der Waals surface area contributed by atoms with Crippen LogP contribution in [-0.2, 0) is 4.79 Å². The van der Waals surface area contributed by atoms with E-state index in [1.165, 1.54) is 0 Å². The molecule has 7 heteroatoms. The minimum Gasteiger partial charge on any atom is -0.298 e. The van der Waals surface area contributed by atoms with Crippen LogP contribution in [0.4, 0.5) is 4.79 Å². The lowest BCUT2D eigenvalue weighted by atomic mass is 10.2. The fourth-order valence-corrected chi connectivity index (χ4v) is 2.61. The van der Waals surface area contributed by atoms with Gasteiger partial charge in [0.25, 0.3) is 11.1 Å². The highest BCUT2D eigenvalue weighted by Gasteiger charge is 2.24. The van der Waals surface area contributed by atoms with Crippen LogP contribution in [0.15, 0.2) is 53.4 Å². The van der Waals surface area contributed by atoms with Gasteiger partial charge in [0, 0.05) is 15.6 Å². The number of imide groups is 1. The molecule has 1 aliphatic heterocycles. The molecule has 2 aromatic rings. The molecular formula is C17H11Cl2NO3S. The van der Waals surface area contributed by atoms with Crippen LogP contribution in [0.25, 0.3) is 6.08 Å². The second kappa shape index (κ2) is 8.68. The lowest BCUT2D eigenvalue weighted by Crippen LogP contribution is -2.17. The molecule has 4 nitrogen and oxygen atoms in total. The number of halogens is 2. The SMILES string of the molecule is O=C1NC(=O)C(=Cc2ccc(Cl)cc2)S1.O=Cc1ccc(Cl)cc1. The topological polar surface area (TPSA) is 63.2 Å². The van der Waals surface area contributed by atoms with Crippen molar-refractivity contribution in [2.75, 3.05) is 0 Å². The molecule has 24 heavy (non-hydrogen) atoms. The first-order chi connectivity index (χ1) is 11.5. The van der Waals surface area contributed by atoms with Crippen molar-refractivity contribution in [3.05, 3.63) is 74.6 Å². The minimum absolute atomic E-state index is 0.333. The largest absolute Gasteiger partial charge is 0.298 e. The van der Waals surface area contributed by atoms with Crippen molar-refractivity contribution in [1.29, 1.82) is 0 Å². The van der Waals surface area contributed by atoms with E-state index < -0.39 is 0 Å². The summed E-state index contributed by atoms with van der Waals surface area (Å²) >= 11 is 12.2. The Labute approximate surface area is 152 Å². The van der Waals surface area contributed by atoms with E-state index in [9.17, 15) is 14.4 Å². The maximum atomic E-state index is 11.2. The number of thioether (sulfide) groups is 1. The van der Waals surface area contributed by atoms with Crippen LogP contribution in [0.5, 0.6) is 0 Å². The Morgan fingerprint density at radius 1 is 0.833 bits per heavy atom. The molecule has 1 heterocycles. The molecular weight excluding hydrogens is 369 g/mol. The second-order valence-corrected chi connectivity index (χ2v) is 6.46. The predicted molar refractivity (Wildman–Crippen MR) is 97.4 cm³/mol. The molecule has 2 aromatic carbocycles. The smallest absolute Gasteiger partial charge is 0.290 e. The molecule has 122 valence electrons. The van der Waals surface area contributed by atoms with E-state index in [0.717, 1.165) is 23.6 Å². The quantitative estimate of drug-likeness (QED) is 0.600. The van der Waals surface area contributed by atoms with Crippen molar-refractivity contribution in [1.82, 2.24) is 5.32 Å². The lowest BCUT2D eigenvalue weighted by Gasteiger charge is -1.94. The molecule has 2 amide bonds. The molecule has 0 spiro atoms. The first-order valence-electron chi connectivity index (χ1n) is 6.69. The third-order valence-electron chi connectivity index (χ3n) is 2.82. The molecule has 0 bridgehead atoms. The summed E-state index contributed by atoms with van der Waals surface area (Å²) in [5.74, 6) is -0.347. The summed E-state index contributed by atoms with van der Waals surface area (Å²) in [5.41, 5.74) is 1.49. The van der Waals surface area contributed by atoms with E-state index in [1.807, 2.05) is 0 Å². The van der Waals surface area contributed by atoms with Gasteiger partial charge in [-0.2, -0.15) is 0 Å². The second-order valence-electron chi connectivity index (χ2n) is 4.57. The highest BCUT2D eigenvalue weighted by molar-refractivity contribution is 8.18. The molecule has 3 rings (SSSR count). The van der Waals surface area contributed by atoms with Gasteiger partial charge in [-0.3, -0.25) is 19.7 Å². The summed E-state index contributed by atoms with van der Waals surface area (Å²) in [7, 11) is 0. The van der Waals surface area contributed by atoms with Crippen molar-refractivity contribution in [2.45, 2.75) is 0 Å². The number of nitrogens with one attached hydrogen (secondary N) is 1. The molecule has 1 N–H and O–H groups in total. The summed E-state index contributed by atoms with van der Waals surface area (Å²) in [5, 5.41) is 3.15. The van der Waals surface area contributed by atoms with Gasteiger partial charge in [-0.1, -0.05) is 47.5 Å². The number of carbonyl (C=O) groups is 3. The van der Waals surface area contributed by atoms with Gasteiger partial charge in [-0.05, 0) is 47.7 Å². The highest BCUT2D eigenvalue weighted by Crippen LogP contribution is 2.25. The Morgan fingerprint density at radius 3 is 1.75 bits per heavy atom. The maximum absolute atomic E-state index is 11.2. The fourth-order valence-electron chi connectivity index (χ4n) is 1.67. The van der Waals surface area contributed by atoms with Gasteiger partial charge in [0.1, 0.15) is 6.29 Å². The Bertz CT molecular complexity index is 786. The first-order valence-corrected chi connectivity index (χ1v) is 8.26. The van der Waals surface area contributed by atoms with E-state index in [0.29, 0.717) is 20.5 Å². The van der Waals surface area contributed by atoms with E-state index >= 15 is 0 Å². The molecule has 1 fully saturated rings. The number of hydrogen-bond donors (Lipinski definition) is 1. The van der Waals surface area contributed by atoms with E-state index in [1.54, 1.807) is 54.6 Å². The third kappa shape index (κ3) is 5.53. The molecule has 0 aromatic heterocycles. The Balaban J connectivity index is 0.000000198. The Morgan fingerprint density at radius 2 is 1.33 bits per heavy atom. The molecule has 0 aliphatic carbocycles.